The topological polar surface area (TPSA) is 67.1 Å². The van der Waals surface area contributed by atoms with Crippen molar-refractivity contribution in [2.75, 3.05) is 49.9 Å². The van der Waals surface area contributed by atoms with E-state index in [0.717, 1.165) is 49.4 Å². The molecule has 1 heterocycles. The van der Waals surface area contributed by atoms with Gasteiger partial charge in [0.2, 0.25) is 0 Å². The number of para-hydroxylation sites is 1. The SMILES string of the molecule is CCc1ccccc1NC(=O)C[NH+]1CC[NH+](CC(=O)Nc2ccc(C)cc2Cl)CC1. The summed E-state index contributed by atoms with van der Waals surface area (Å²) in [5, 5.41) is 6.51. The first kappa shape index (κ1) is 22.3. The molecule has 0 saturated carbocycles. The third-order valence-corrected chi connectivity index (χ3v) is 5.87. The average Bonchev–Trinajstić information content (AvgIpc) is 2.72. The molecule has 30 heavy (non-hydrogen) atoms. The molecule has 2 amide bonds. The van der Waals surface area contributed by atoms with Gasteiger partial charge in [-0.25, -0.2) is 0 Å². The maximum absolute atomic E-state index is 12.5. The molecule has 0 unspecified atom stereocenters. The van der Waals surface area contributed by atoms with Gasteiger partial charge in [-0.2, -0.15) is 0 Å². The predicted octanol–water partition coefficient (Wildman–Crippen LogP) is 0.571. The van der Waals surface area contributed by atoms with E-state index >= 15 is 0 Å². The standard InChI is InChI=1S/C23H29ClN4O2/c1-3-18-6-4-5-7-20(18)25-22(29)15-27-10-12-28(13-11-27)16-23(30)26-21-9-8-17(2)14-19(21)24/h4-9,14H,3,10-13,15-16H2,1-2H3,(H,25,29)(H,26,30)/p+2. The van der Waals surface area contributed by atoms with Gasteiger partial charge in [0.15, 0.2) is 13.1 Å². The van der Waals surface area contributed by atoms with Crippen molar-refractivity contribution in [2.45, 2.75) is 20.3 Å². The molecular formula is C23H31ClN4O2+2. The predicted molar refractivity (Wildman–Crippen MR) is 120 cm³/mol. The number of amides is 2. The van der Waals surface area contributed by atoms with Crippen LogP contribution in [0.25, 0.3) is 0 Å². The van der Waals surface area contributed by atoms with E-state index in [0.29, 0.717) is 23.8 Å². The van der Waals surface area contributed by atoms with Crippen LogP contribution in [0.4, 0.5) is 11.4 Å². The minimum atomic E-state index is -0.0341. The fourth-order valence-corrected chi connectivity index (χ4v) is 4.11. The lowest BCUT2D eigenvalue weighted by Gasteiger charge is -2.29. The molecule has 0 bridgehead atoms. The molecule has 1 fully saturated rings. The molecule has 160 valence electrons. The van der Waals surface area contributed by atoms with Crippen LogP contribution in [0, 0.1) is 6.92 Å². The lowest BCUT2D eigenvalue weighted by molar-refractivity contribution is -1.00. The monoisotopic (exact) mass is 430 g/mol. The molecule has 3 rings (SSSR count). The van der Waals surface area contributed by atoms with Crippen LogP contribution in [0.3, 0.4) is 0 Å². The van der Waals surface area contributed by atoms with E-state index in [2.05, 4.69) is 17.6 Å². The first-order chi connectivity index (χ1) is 14.4. The average molecular weight is 431 g/mol. The van der Waals surface area contributed by atoms with E-state index in [-0.39, 0.29) is 11.8 Å². The summed E-state index contributed by atoms with van der Waals surface area (Å²) in [5.74, 6) is 0.00854. The van der Waals surface area contributed by atoms with Crippen molar-refractivity contribution in [1.82, 2.24) is 0 Å². The summed E-state index contributed by atoms with van der Waals surface area (Å²) in [5.41, 5.74) is 3.76. The maximum atomic E-state index is 12.5. The Morgan fingerprint density at radius 2 is 1.47 bits per heavy atom. The normalized spacial score (nSPS) is 18.6. The molecule has 0 atom stereocenters. The Hall–Kier alpha value is -2.41. The molecule has 0 spiro atoms. The van der Waals surface area contributed by atoms with Crippen molar-refractivity contribution in [1.29, 1.82) is 0 Å². The lowest BCUT2D eigenvalue weighted by atomic mass is 10.1. The van der Waals surface area contributed by atoms with E-state index in [4.69, 9.17) is 11.6 Å². The maximum Gasteiger partial charge on any atom is 0.279 e. The number of quaternary nitrogens is 2. The number of carbonyl (C=O) groups is 2. The molecule has 1 saturated heterocycles. The molecule has 2 aromatic carbocycles. The zero-order valence-corrected chi connectivity index (χ0v) is 18.4. The lowest BCUT2D eigenvalue weighted by Crippen LogP contribution is -3.28. The second kappa shape index (κ2) is 10.6. The number of rotatable bonds is 7. The molecule has 2 aromatic rings. The largest absolute Gasteiger partial charge is 0.321 e. The molecule has 6 nitrogen and oxygen atoms in total. The third kappa shape index (κ3) is 6.29. The van der Waals surface area contributed by atoms with Crippen LogP contribution in [0.5, 0.6) is 0 Å². The van der Waals surface area contributed by atoms with E-state index < -0.39 is 0 Å². The zero-order valence-electron chi connectivity index (χ0n) is 17.7. The first-order valence-corrected chi connectivity index (χ1v) is 10.9. The molecule has 4 N–H and O–H groups in total. The smallest absolute Gasteiger partial charge is 0.279 e. The van der Waals surface area contributed by atoms with Crippen molar-refractivity contribution in [3.63, 3.8) is 0 Å². The van der Waals surface area contributed by atoms with E-state index in [9.17, 15) is 9.59 Å². The van der Waals surface area contributed by atoms with Crippen LogP contribution in [0.15, 0.2) is 42.5 Å². The highest BCUT2D eigenvalue weighted by atomic mass is 35.5. The van der Waals surface area contributed by atoms with Crippen molar-refractivity contribution >= 4 is 34.8 Å². The molecule has 0 aliphatic carbocycles. The summed E-state index contributed by atoms with van der Waals surface area (Å²) in [7, 11) is 0. The number of nitrogens with one attached hydrogen (secondary N) is 4. The van der Waals surface area contributed by atoms with Crippen molar-refractivity contribution in [3.8, 4) is 0 Å². The van der Waals surface area contributed by atoms with E-state index in [1.807, 2.05) is 49.4 Å². The van der Waals surface area contributed by atoms with Gasteiger partial charge in [-0.3, -0.25) is 9.59 Å². The number of anilines is 2. The van der Waals surface area contributed by atoms with Crippen LogP contribution >= 0.6 is 11.6 Å². The van der Waals surface area contributed by atoms with Crippen LogP contribution in [0.2, 0.25) is 5.02 Å². The van der Waals surface area contributed by atoms with Gasteiger partial charge in [0.1, 0.15) is 26.2 Å². The van der Waals surface area contributed by atoms with Gasteiger partial charge < -0.3 is 20.4 Å². The number of carbonyl (C=O) groups excluding carboxylic acids is 2. The Bertz CT molecular complexity index is 895. The van der Waals surface area contributed by atoms with Gasteiger partial charge in [-0.15, -0.1) is 0 Å². The van der Waals surface area contributed by atoms with Crippen LogP contribution in [0.1, 0.15) is 18.1 Å². The summed E-state index contributed by atoms with van der Waals surface area (Å²) in [6, 6.07) is 13.5. The summed E-state index contributed by atoms with van der Waals surface area (Å²) < 4.78 is 0. The molecule has 1 aliphatic heterocycles. The Morgan fingerprint density at radius 1 is 0.900 bits per heavy atom. The summed E-state index contributed by atoms with van der Waals surface area (Å²) in [6.45, 7) is 8.39. The first-order valence-electron chi connectivity index (χ1n) is 10.6. The summed E-state index contributed by atoms with van der Waals surface area (Å²) in [6.07, 6.45) is 0.890. The van der Waals surface area contributed by atoms with Crippen LogP contribution in [-0.2, 0) is 16.0 Å². The molecule has 0 aromatic heterocycles. The Labute approximate surface area is 183 Å². The fraction of sp³-hybridized carbons (Fsp3) is 0.391. The van der Waals surface area contributed by atoms with Crippen LogP contribution < -0.4 is 20.4 Å². The summed E-state index contributed by atoms with van der Waals surface area (Å²) >= 11 is 6.20. The van der Waals surface area contributed by atoms with E-state index in [1.165, 1.54) is 9.80 Å². The summed E-state index contributed by atoms with van der Waals surface area (Å²) in [4.78, 5) is 27.3. The number of piperazine rings is 1. The minimum absolute atomic E-state index is 0.0341. The van der Waals surface area contributed by atoms with Gasteiger partial charge in [0.05, 0.1) is 10.7 Å². The molecular weight excluding hydrogens is 400 g/mol. The van der Waals surface area contributed by atoms with Gasteiger partial charge in [-0.05, 0) is 42.7 Å². The Balaban J connectivity index is 1.42. The fourth-order valence-electron chi connectivity index (χ4n) is 3.83. The number of benzene rings is 2. The molecule has 1 aliphatic rings. The highest BCUT2D eigenvalue weighted by Gasteiger charge is 2.26. The Kier molecular flexibility index (Phi) is 7.85. The number of halogens is 1. The highest BCUT2D eigenvalue weighted by Crippen LogP contribution is 2.22. The molecule has 7 heteroatoms. The Morgan fingerprint density at radius 3 is 2.03 bits per heavy atom. The van der Waals surface area contributed by atoms with Gasteiger partial charge in [0, 0.05) is 5.69 Å². The quantitative estimate of drug-likeness (QED) is 0.519. The molecule has 0 radical (unpaired) electrons. The van der Waals surface area contributed by atoms with Gasteiger partial charge in [-0.1, -0.05) is 42.8 Å². The number of hydrogen-bond donors (Lipinski definition) is 4. The number of hydrogen-bond acceptors (Lipinski definition) is 2. The van der Waals surface area contributed by atoms with Gasteiger partial charge in [0.25, 0.3) is 11.8 Å². The second-order valence-corrected chi connectivity index (χ2v) is 8.35. The van der Waals surface area contributed by atoms with Crippen molar-refractivity contribution < 1.29 is 19.4 Å². The third-order valence-electron chi connectivity index (χ3n) is 5.56. The minimum Gasteiger partial charge on any atom is -0.321 e. The highest BCUT2D eigenvalue weighted by molar-refractivity contribution is 6.33. The van der Waals surface area contributed by atoms with Crippen molar-refractivity contribution in [3.05, 3.63) is 58.6 Å². The van der Waals surface area contributed by atoms with E-state index in [1.54, 1.807) is 0 Å². The second-order valence-electron chi connectivity index (χ2n) is 7.94. The zero-order chi connectivity index (χ0) is 21.5. The number of aryl methyl sites for hydroxylation is 2. The van der Waals surface area contributed by atoms with Crippen molar-refractivity contribution in [2.24, 2.45) is 0 Å². The van der Waals surface area contributed by atoms with Gasteiger partial charge >= 0.3 is 0 Å². The van der Waals surface area contributed by atoms with Crippen LogP contribution in [-0.4, -0.2) is 51.1 Å².